The number of nitrogens with zero attached hydrogens (tertiary/aromatic N) is 2. The van der Waals surface area contributed by atoms with Gasteiger partial charge in [-0.1, -0.05) is 23.7 Å². The number of hydrogen-bond donors (Lipinski definition) is 0. The summed E-state index contributed by atoms with van der Waals surface area (Å²) in [6.45, 7) is 0.303. The van der Waals surface area contributed by atoms with E-state index in [0.29, 0.717) is 22.0 Å². The van der Waals surface area contributed by atoms with E-state index in [9.17, 15) is 9.59 Å². The van der Waals surface area contributed by atoms with E-state index in [4.69, 9.17) is 26.3 Å². The van der Waals surface area contributed by atoms with E-state index in [0.717, 1.165) is 5.56 Å². The number of ether oxygens (including phenoxy) is 2. The quantitative estimate of drug-likeness (QED) is 0.739. The fourth-order valence-corrected chi connectivity index (χ4v) is 3.09. The zero-order valence-electron chi connectivity index (χ0n) is 14.6. The number of nitriles is 1. The van der Waals surface area contributed by atoms with Crippen molar-refractivity contribution in [1.29, 1.82) is 5.26 Å². The summed E-state index contributed by atoms with van der Waals surface area (Å²) >= 11 is 6.03. The number of hydrogen-bond acceptors (Lipinski definition) is 5. The average Bonchev–Trinajstić information content (AvgIpc) is 3.08. The van der Waals surface area contributed by atoms with Gasteiger partial charge in [-0.05, 0) is 35.9 Å². The first-order valence-corrected chi connectivity index (χ1v) is 8.69. The van der Waals surface area contributed by atoms with Crippen molar-refractivity contribution in [3.8, 4) is 11.8 Å². The van der Waals surface area contributed by atoms with E-state index in [1.165, 1.54) is 12.0 Å². The molecular formula is C20H17ClN2O4. The summed E-state index contributed by atoms with van der Waals surface area (Å²) < 4.78 is 10.6. The Balaban J connectivity index is 1.65. The largest absolute Gasteiger partial charge is 0.495 e. The molecule has 0 aliphatic carbocycles. The number of amides is 1. The third-order valence-corrected chi connectivity index (χ3v) is 4.59. The molecule has 7 heteroatoms. The molecule has 3 rings (SSSR count). The lowest BCUT2D eigenvalue weighted by Gasteiger charge is -2.19. The Labute approximate surface area is 161 Å². The molecule has 0 bridgehead atoms. The van der Waals surface area contributed by atoms with E-state index in [1.54, 1.807) is 42.5 Å². The normalized spacial score (nSPS) is 16.1. The number of anilines is 1. The first-order chi connectivity index (χ1) is 13.0. The van der Waals surface area contributed by atoms with Crippen LogP contribution in [0.4, 0.5) is 5.69 Å². The maximum absolute atomic E-state index is 12.4. The first-order valence-electron chi connectivity index (χ1n) is 8.31. The Bertz CT molecular complexity index is 905. The molecule has 0 aromatic heterocycles. The van der Waals surface area contributed by atoms with Gasteiger partial charge in [-0.3, -0.25) is 9.59 Å². The maximum Gasteiger partial charge on any atom is 0.311 e. The molecule has 2 aromatic carbocycles. The summed E-state index contributed by atoms with van der Waals surface area (Å²) in [6, 6.07) is 13.8. The molecule has 0 radical (unpaired) electrons. The van der Waals surface area contributed by atoms with Crippen LogP contribution in [0.5, 0.6) is 5.75 Å². The molecule has 1 fully saturated rings. The molecule has 1 aliphatic heterocycles. The molecule has 6 nitrogen and oxygen atoms in total. The van der Waals surface area contributed by atoms with Crippen molar-refractivity contribution in [2.45, 2.75) is 13.0 Å². The van der Waals surface area contributed by atoms with Gasteiger partial charge in [0.1, 0.15) is 12.4 Å². The van der Waals surface area contributed by atoms with Gasteiger partial charge in [-0.15, -0.1) is 0 Å². The molecule has 2 aromatic rings. The van der Waals surface area contributed by atoms with Crippen molar-refractivity contribution in [3.63, 3.8) is 0 Å². The topological polar surface area (TPSA) is 79.6 Å². The monoisotopic (exact) mass is 384 g/mol. The number of carbonyl (C=O) groups excluding carboxylic acids is 2. The molecule has 1 saturated heterocycles. The molecule has 1 atom stereocenters. The number of rotatable bonds is 5. The minimum atomic E-state index is -0.556. The molecule has 1 heterocycles. The lowest BCUT2D eigenvalue weighted by molar-refractivity contribution is -0.149. The fraction of sp³-hybridized carbons (Fsp3) is 0.250. The Morgan fingerprint density at radius 1 is 1.30 bits per heavy atom. The lowest BCUT2D eigenvalue weighted by atomic mass is 10.1. The number of carbonyl (C=O) groups is 2. The molecule has 0 N–H and O–H groups in total. The Hall–Kier alpha value is -3.04. The van der Waals surface area contributed by atoms with Gasteiger partial charge in [0.2, 0.25) is 5.91 Å². The molecule has 0 spiro atoms. The fourth-order valence-electron chi connectivity index (χ4n) is 2.92. The summed E-state index contributed by atoms with van der Waals surface area (Å²) in [4.78, 5) is 26.3. The lowest BCUT2D eigenvalue weighted by Crippen LogP contribution is -2.26. The average molecular weight is 385 g/mol. The molecule has 27 heavy (non-hydrogen) atoms. The smallest absolute Gasteiger partial charge is 0.311 e. The minimum absolute atomic E-state index is 0.0713. The molecule has 1 amide bonds. The minimum Gasteiger partial charge on any atom is -0.495 e. The summed E-state index contributed by atoms with van der Waals surface area (Å²) in [5.74, 6) is -0.661. The van der Waals surface area contributed by atoms with Crippen LogP contribution < -0.4 is 9.64 Å². The van der Waals surface area contributed by atoms with Crippen molar-refractivity contribution < 1.29 is 19.1 Å². The Morgan fingerprint density at radius 2 is 2.04 bits per heavy atom. The molecule has 138 valence electrons. The summed E-state index contributed by atoms with van der Waals surface area (Å²) in [5.41, 5.74) is 1.86. The second kappa shape index (κ2) is 8.11. The van der Waals surface area contributed by atoms with Crippen LogP contribution in [0, 0.1) is 17.2 Å². The van der Waals surface area contributed by atoms with Crippen molar-refractivity contribution >= 4 is 29.2 Å². The van der Waals surface area contributed by atoms with Crippen LogP contribution in [0.25, 0.3) is 0 Å². The summed E-state index contributed by atoms with van der Waals surface area (Å²) in [5, 5.41) is 9.28. The van der Waals surface area contributed by atoms with Crippen molar-refractivity contribution in [1.82, 2.24) is 0 Å². The molecular weight excluding hydrogens is 368 g/mol. The highest BCUT2D eigenvalue weighted by atomic mass is 35.5. The van der Waals surface area contributed by atoms with Gasteiger partial charge < -0.3 is 14.4 Å². The van der Waals surface area contributed by atoms with Crippen molar-refractivity contribution in [2.75, 3.05) is 18.6 Å². The van der Waals surface area contributed by atoms with E-state index < -0.39 is 11.9 Å². The van der Waals surface area contributed by atoms with Gasteiger partial charge >= 0.3 is 5.97 Å². The highest BCUT2D eigenvalue weighted by Crippen LogP contribution is 2.35. The third-order valence-electron chi connectivity index (χ3n) is 4.35. The van der Waals surface area contributed by atoms with Gasteiger partial charge in [-0.25, -0.2) is 0 Å². The highest BCUT2D eigenvalue weighted by Gasteiger charge is 2.37. The van der Waals surface area contributed by atoms with E-state index >= 15 is 0 Å². The van der Waals surface area contributed by atoms with Gasteiger partial charge in [0.25, 0.3) is 0 Å². The molecule has 0 unspecified atom stereocenters. The Morgan fingerprint density at radius 3 is 2.70 bits per heavy atom. The predicted octanol–water partition coefficient (Wildman–Crippen LogP) is 3.32. The number of benzene rings is 2. The van der Waals surface area contributed by atoms with E-state index in [-0.39, 0.29) is 25.5 Å². The number of halogens is 1. The number of methoxy groups -OCH3 is 1. The highest BCUT2D eigenvalue weighted by molar-refractivity contribution is 6.31. The Kier molecular flexibility index (Phi) is 5.63. The van der Waals surface area contributed by atoms with Crippen molar-refractivity contribution in [3.05, 3.63) is 58.6 Å². The van der Waals surface area contributed by atoms with Crippen LogP contribution in [0.1, 0.15) is 17.5 Å². The third kappa shape index (κ3) is 4.21. The molecule has 1 aliphatic rings. The zero-order valence-corrected chi connectivity index (χ0v) is 15.4. The van der Waals surface area contributed by atoms with E-state index in [2.05, 4.69) is 0 Å². The zero-order chi connectivity index (χ0) is 19.4. The van der Waals surface area contributed by atoms with Gasteiger partial charge in [0.15, 0.2) is 0 Å². The van der Waals surface area contributed by atoms with Crippen molar-refractivity contribution in [2.24, 2.45) is 5.92 Å². The standard InChI is InChI=1S/C20H17ClN2O4/c1-26-18-7-6-16(21)9-17(18)23-11-15(8-19(23)24)20(25)27-12-14-4-2-13(10-22)3-5-14/h2-7,9,15H,8,11-12H2,1H3/t15-/m0/s1. The second-order valence-corrected chi connectivity index (χ2v) is 6.57. The summed E-state index contributed by atoms with van der Waals surface area (Å²) in [6.07, 6.45) is 0.0713. The van der Waals surface area contributed by atoms with E-state index in [1.807, 2.05) is 6.07 Å². The van der Waals surface area contributed by atoms with Crippen LogP contribution in [0.2, 0.25) is 5.02 Å². The summed E-state index contributed by atoms with van der Waals surface area (Å²) in [7, 11) is 1.51. The first kappa shape index (κ1) is 18.7. The van der Waals surface area contributed by atoms with Gasteiger partial charge in [-0.2, -0.15) is 5.26 Å². The van der Waals surface area contributed by atoms with Crippen LogP contribution >= 0.6 is 11.6 Å². The van der Waals surface area contributed by atoms with Crippen LogP contribution in [-0.4, -0.2) is 25.5 Å². The SMILES string of the molecule is COc1ccc(Cl)cc1N1C[C@@H](C(=O)OCc2ccc(C#N)cc2)CC1=O. The molecule has 0 saturated carbocycles. The van der Waals surface area contributed by atoms with Crippen LogP contribution in [0.15, 0.2) is 42.5 Å². The van der Waals surface area contributed by atoms with Gasteiger partial charge in [0.05, 0.1) is 30.3 Å². The van der Waals surface area contributed by atoms with Crippen LogP contribution in [0.3, 0.4) is 0 Å². The second-order valence-electron chi connectivity index (χ2n) is 6.14. The predicted molar refractivity (Wildman–Crippen MR) is 99.4 cm³/mol. The maximum atomic E-state index is 12.4. The number of esters is 1. The van der Waals surface area contributed by atoms with Gasteiger partial charge in [0, 0.05) is 18.0 Å². The van der Waals surface area contributed by atoms with Crippen LogP contribution in [-0.2, 0) is 20.9 Å².